The van der Waals surface area contributed by atoms with E-state index in [1.54, 1.807) is 18.5 Å². The van der Waals surface area contributed by atoms with Crippen LogP contribution in [0.3, 0.4) is 0 Å². The fraction of sp³-hybridized carbons (Fsp3) is 0.278. The minimum absolute atomic E-state index is 0.0439. The quantitative estimate of drug-likeness (QED) is 0.437. The lowest BCUT2D eigenvalue weighted by atomic mass is 9.96. The number of hydrogen-bond donors (Lipinski definition) is 2. The number of nitrogens with zero attached hydrogens (tertiary/aromatic N) is 1. The van der Waals surface area contributed by atoms with Crippen LogP contribution in [0, 0.1) is 0 Å². The highest BCUT2D eigenvalue weighted by molar-refractivity contribution is 6.11. The number of hydrogen-bond acceptors (Lipinski definition) is 4. The molecule has 0 saturated carbocycles. The topological polar surface area (TPSA) is 63.5 Å². The van der Waals surface area contributed by atoms with Gasteiger partial charge in [0.25, 0.3) is 5.56 Å². The van der Waals surface area contributed by atoms with Gasteiger partial charge in [0.15, 0.2) is 0 Å². The molecule has 120 valence electrons. The van der Waals surface area contributed by atoms with Gasteiger partial charge in [0.2, 0.25) is 0 Å². The summed E-state index contributed by atoms with van der Waals surface area (Å²) >= 11 is 0. The van der Waals surface area contributed by atoms with Crippen LogP contribution < -0.4 is 10.9 Å². The lowest BCUT2D eigenvalue weighted by Gasteiger charge is -2.18. The Hall–Kier alpha value is -2.37. The third-order valence-electron chi connectivity index (χ3n) is 4.34. The van der Waals surface area contributed by atoms with Gasteiger partial charge in [-0.05, 0) is 31.5 Å². The molecule has 0 aliphatic carbocycles. The van der Waals surface area contributed by atoms with Crippen molar-refractivity contribution in [2.75, 3.05) is 12.4 Å². The van der Waals surface area contributed by atoms with Crippen molar-refractivity contribution in [3.63, 3.8) is 0 Å². The lowest BCUT2D eigenvalue weighted by molar-refractivity contribution is -0.276. The third-order valence-corrected chi connectivity index (χ3v) is 4.34. The summed E-state index contributed by atoms with van der Waals surface area (Å²) in [5, 5.41) is 14.6. The smallest absolute Gasteiger partial charge is 0.261 e. The van der Waals surface area contributed by atoms with E-state index in [0.717, 1.165) is 27.5 Å². The van der Waals surface area contributed by atoms with Crippen molar-refractivity contribution < 1.29 is 10.1 Å². The maximum absolute atomic E-state index is 13.0. The van der Waals surface area contributed by atoms with Crippen LogP contribution >= 0.6 is 0 Å². The van der Waals surface area contributed by atoms with Crippen LogP contribution in [0.5, 0.6) is 0 Å². The predicted molar refractivity (Wildman–Crippen MR) is 93.1 cm³/mol. The Bertz CT molecular complexity index is 931. The highest BCUT2D eigenvalue weighted by Gasteiger charge is 2.19. The number of fused-ring (bicyclic) bond motifs is 3. The molecule has 0 spiro atoms. The number of aryl methyl sites for hydroxylation is 1. The summed E-state index contributed by atoms with van der Waals surface area (Å²) < 4.78 is 1.77. The second-order valence-electron chi connectivity index (χ2n) is 5.52. The molecule has 0 aliphatic heterocycles. The van der Waals surface area contributed by atoms with Crippen LogP contribution in [0.2, 0.25) is 0 Å². The Labute approximate surface area is 134 Å². The van der Waals surface area contributed by atoms with Gasteiger partial charge in [-0.25, -0.2) is 4.89 Å². The summed E-state index contributed by atoms with van der Waals surface area (Å²) in [6.07, 6.45) is -0.524. The Kier molecular flexibility index (Phi) is 4.07. The average Bonchev–Trinajstić information content (AvgIpc) is 2.60. The monoisotopic (exact) mass is 312 g/mol. The molecule has 0 bridgehead atoms. The fourth-order valence-electron chi connectivity index (χ4n) is 3.21. The van der Waals surface area contributed by atoms with Crippen molar-refractivity contribution in [3.8, 4) is 0 Å². The van der Waals surface area contributed by atoms with Gasteiger partial charge in [-0.1, -0.05) is 24.3 Å². The van der Waals surface area contributed by atoms with Crippen LogP contribution in [0.25, 0.3) is 21.7 Å². The van der Waals surface area contributed by atoms with Crippen molar-refractivity contribution in [1.82, 2.24) is 4.57 Å². The molecular formula is C18H20N2O3. The first-order valence-corrected chi connectivity index (χ1v) is 7.70. The molecule has 3 aromatic rings. The Morgan fingerprint density at radius 2 is 1.96 bits per heavy atom. The minimum atomic E-state index is -0.524. The van der Waals surface area contributed by atoms with Gasteiger partial charge in [0, 0.05) is 30.1 Å². The van der Waals surface area contributed by atoms with Crippen molar-refractivity contribution in [3.05, 3.63) is 52.3 Å². The molecule has 0 radical (unpaired) electrons. The summed E-state index contributed by atoms with van der Waals surface area (Å²) in [5.74, 6) is 0. The zero-order chi connectivity index (χ0) is 16.6. The number of benzene rings is 2. The van der Waals surface area contributed by atoms with Gasteiger partial charge < -0.3 is 9.88 Å². The van der Waals surface area contributed by atoms with Crippen LogP contribution in [0.15, 0.2) is 41.2 Å². The molecule has 1 aromatic heterocycles. The Morgan fingerprint density at radius 3 is 2.61 bits per heavy atom. The SMILES string of the molecule is CCn1c(=O)c2c(NC)ccc(C(C)OO)c2c2ccccc21. The molecule has 3 rings (SSSR count). The molecule has 2 N–H and O–H groups in total. The lowest BCUT2D eigenvalue weighted by Crippen LogP contribution is -2.21. The van der Waals surface area contributed by atoms with Crippen LogP contribution in [0.1, 0.15) is 25.5 Å². The Balaban J connectivity index is 2.64. The third kappa shape index (κ3) is 2.29. The number of rotatable bonds is 4. The maximum atomic E-state index is 13.0. The summed E-state index contributed by atoms with van der Waals surface area (Å²) in [7, 11) is 1.80. The van der Waals surface area contributed by atoms with Crippen molar-refractivity contribution in [2.45, 2.75) is 26.5 Å². The molecule has 5 nitrogen and oxygen atoms in total. The zero-order valence-electron chi connectivity index (χ0n) is 13.5. The van der Waals surface area contributed by atoms with Gasteiger partial charge in [-0.15, -0.1) is 0 Å². The van der Waals surface area contributed by atoms with Gasteiger partial charge in [-0.2, -0.15) is 0 Å². The highest BCUT2D eigenvalue weighted by Crippen LogP contribution is 2.34. The Morgan fingerprint density at radius 1 is 1.22 bits per heavy atom. The van der Waals surface area contributed by atoms with Gasteiger partial charge >= 0.3 is 0 Å². The van der Waals surface area contributed by atoms with Crippen LogP contribution in [-0.2, 0) is 11.4 Å². The highest BCUT2D eigenvalue weighted by atomic mass is 17.1. The van der Waals surface area contributed by atoms with Gasteiger partial charge in [-0.3, -0.25) is 10.1 Å². The second kappa shape index (κ2) is 6.02. The number of aromatic nitrogens is 1. The standard InChI is InChI=1S/C18H20N2O3/c1-4-20-15-8-6-5-7-13(15)16-12(11(2)23-22)9-10-14(19-3)17(16)18(20)21/h5-11,19,22H,4H2,1-3H3. The summed E-state index contributed by atoms with van der Waals surface area (Å²) in [6, 6.07) is 11.6. The molecule has 1 atom stereocenters. The van der Waals surface area contributed by atoms with Crippen molar-refractivity contribution >= 4 is 27.4 Å². The van der Waals surface area contributed by atoms with Crippen LogP contribution in [0.4, 0.5) is 5.69 Å². The van der Waals surface area contributed by atoms with Gasteiger partial charge in [0.05, 0.1) is 10.9 Å². The predicted octanol–water partition coefficient (Wildman–Crippen LogP) is 3.77. The number of para-hydroxylation sites is 1. The number of anilines is 1. The van der Waals surface area contributed by atoms with E-state index in [2.05, 4.69) is 10.2 Å². The van der Waals surface area contributed by atoms with Crippen molar-refractivity contribution in [1.29, 1.82) is 0 Å². The number of nitrogens with one attached hydrogen (secondary N) is 1. The molecular weight excluding hydrogens is 292 g/mol. The van der Waals surface area contributed by atoms with Gasteiger partial charge in [0.1, 0.15) is 6.10 Å². The summed E-state index contributed by atoms with van der Waals surface area (Å²) in [5.41, 5.74) is 2.40. The first kappa shape index (κ1) is 15.5. The zero-order valence-corrected chi connectivity index (χ0v) is 13.5. The molecule has 0 fully saturated rings. The maximum Gasteiger partial charge on any atom is 0.261 e. The van der Waals surface area contributed by atoms with E-state index in [1.807, 2.05) is 43.3 Å². The largest absolute Gasteiger partial charge is 0.387 e. The summed E-state index contributed by atoms with van der Waals surface area (Å²) in [4.78, 5) is 17.6. The summed E-state index contributed by atoms with van der Waals surface area (Å²) in [6.45, 7) is 4.31. The normalized spacial score (nSPS) is 12.7. The first-order chi connectivity index (χ1) is 11.1. The number of pyridine rings is 1. The average molecular weight is 312 g/mol. The first-order valence-electron chi connectivity index (χ1n) is 7.70. The molecule has 5 heteroatoms. The van der Waals surface area contributed by atoms with E-state index in [-0.39, 0.29) is 5.56 Å². The van der Waals surface area contributed by atoms with E-state index >= 15 is 0 Å². The molecule has 0 saturated heterocycles. The molecule has 0 amide bonds. The molecule has 0 aliphatic rings. The van der Waals surface area contributed by atoms with Crippen molar-refractivity contribution in [2.24, 2.45) is 0 Å². The minimum Gasteiger partial charge on any atom is -0.387 e. The molecule has 2 aromatic carbocycles. The fourth-order valence-corrected chi connectivity index (χ4v) is 3.21. The van der Waals surface area contributed by atoms with E-state index < -0.39 is 6.10 Å². The second-order valence-corrected chi connectivity index (χ2v) is 5.52. The molecule has 23 heavy (non-hydrogen) atoms. The van der Waals surface area contributed by atoms with E-state index in [4.69, 9.17) is 5.26 Å². The van der Waals surface area contributed by atoms with E-state index in [9.17, 15) is 4.79 Å². The molecule has 1 heterocycles. The molecule has 1 unspecified atom stereocenters. The van der Waals surface area contributed by atoms with Crippen LogP contribution in [-0.4, -0.2) is 16.9 Å². The van der Waals surface area contributed by atoms with E-state index in [1.165, 1.54) is 0 Å². The van der Waals surface area contributed by atoms with E-state index in [0.29, 0.717) is 11.9 Å².